The zero-order valence-electron chi connectivity index (χ0n) is 7.60. The number of hydrogen-bond donors (Lipinski definition) is 2. The Morgan fingerprint density at radius 3 is 3.07 bits per heavy atom. The van der Waals surface area contributed by atoms with Gasteiger partial charge in [0.2, 0.25) is 5.95 Å². The Morgan fingerprint density at radius 1 is 1.64 bits per heavy atom. The first kappa shape index (κ1) is 10.4. The average molecular weight is 248 g/mol. The largest absolute Gasteiger partial charge is 0.368 e. The van der Waals surface area contributed by atoms with Gasteiger partial charge in [-0.05, 0) is 12.2 Å². The molecule has 14 heavy (non-hydrogen) atoms. The zero-order valence-corrected chi connectivity index (χ0v) is 10.1. The number of nitrogen functional groups attached to an aromatic ring is 1. The molecular formula is C7H12N4S3. The number of nitrogens with two attached hydrogens (primary N) is 1. The van der Waals surface area contributed by atoms with Crippen molar-refractivity contribution in [1.82, 2.24) is 14.8 Å². The van der Waals surface area contributed by atoms with E-state index < -0.39 is 0 Å². The minimum absolute atomic E-state index is 0.492. The van der Waals surface area contributed by atoms with Gasteiger partial charge in [0, 0.05) is 29.1 Å². The second-order valence-corrected chi connectivity index (χ2v) is 6.01. The molecule has 4 nitrogen and oxygen atoms in total. The van der Waals surface area contributed by atoms with Crippen LogP contribution in [0.1, 0.15) is 0 Å². The molecule has 0 spiro atoms. The van der Waals surface area contributed by atoms with Gasteiger partial charge < -0.3 is 5.73 Å². The zero-order chi connectivity index (χ0) is 9.97. The van der Waals surface area contributed by atoms with Crippen LogP contribution in [0.5, 0.6) is 0 Å². The van der Waals surface area contributed by atoms with Crippen LogP contribution in [0.2, 0.25) is 0 Å². The van der Waals surface area contributed by atoms with Gasteiger partial charge in [-0.1, -0.05) is 0 Å². The molecule has 78 valence electrons. The summed E-state index contributed by atoms with van der Waals surface area (Å²) in [6, 6.07) is 0. The lowest BCUT2D eigenvalue weighted by atomic mass is 10.4. The number of aromatic nitrogens is 3. The number of rotatable bonds is 2. The fourth-order valence-electron chi connectivity index (χ4n) is 1.35. The second-order valence-electron chi connectivity index (χ2n) is 3.07. The van der Waals surface area contributed by atoms with E-state index in [-0.39, 0.29) is 0 Å². The third-order valence-electron chi connectivity index (χ3n) is 2.06. The van der Waals surface area contributed by atoms with Gasteiger partial charge in [0.05, 0.1) is 0 Å². The highest BCUT2D eigenvalue weighted by Crippen LogP contribution is 2.25. The fourth-order valence-corrected chi connectivity index (χ4v) is 4.22. The third-order valence-corrected chi connectivity index (χ3v) is 5.20. The number of hydrogen-bond acceptors (Lipinski definition) is 5. The molecule has 0 radical (unpaired) electrons. The van der Waals surface area contributed by atoms with Crippen molar-refractivity contribution in [2.24, 2.45) is 0 Å². The summed E-state index contributed by atoms with van der Waals surface area (Å²) in [6.07, 6.45) is 0. The smallest absolute Gasteiger partial charge is 0.220 e. The number of nitrogens with one attached hydrogen (secondary N) is 1. The molecule has 2 rings (SSSR count). The minimum atomic E-state index is 0.492. The predicted octanol–water partition coefficient (Wildman–Crippen LogP) is 1.37. The van der Waals surface area contributed by atoms with Gasteiger partial charge in [-0.25, -0.2) is 5.10 Å². The molecule has 1 aromatic rings. The van der Waals surface area contributed by atoms with Crippen LogP contribution in [0.4, 0.5) is 5.95 Å². The molecule has 0 amide bonds. The van der Waals surface area contributed by atoms with Gasteiger partial charge in [0.15, 0.2) is 4.77 Å². The Bertz CT molecular complexity index is 352. The molecule has 1 aliphatic rings. The molecule has 3 N–H and O–H groups in total. The number of nitrogens with zero attached hydrogens (tertiary/aromatic N) is 2. The van der Waals surface area contributed by atoms with Crippen molar-refractivity contribution in [3.05, 3.63) is 4.77 Å². The van der Waals surface area contributed by atoms with E-state index in [4.69, 9.17) is 18.0 Å². The van der Waals surface area contributed by atoms with Crippen LogP contribution in [0, 0.1) is 4.77 Å². The van der Waals surface area contributed by atoms with E-state index in [9.17, 15) is 0 Å². The van der Waals surface area contributed by atoms with Crippen LogP contribution >= 0.6 is 35.7 Å². The highest BCUT2D eigenvalue weighted by molar-refractivity contribution is 8.06. The van der Waals surface area contributed by atoms with E-state index >= 15 is 0 Å². The Balaban J connectivity index is 2.06. The summed E-state index contributed by atoms with van der Waals surface area (Å²) in [7, 11) is 0. The molecule has 7 heteroatoms. The molecule has 1 unspecified atom stereocenters. The Kier molecular flexibility index (Phi) is 3.40. The first-order valence-electron chi connectivity index (χ1n) is 4.37. The Morgan fingerprint density at radius 2 is 2.50 bits per heavy atom. The number of anilines is 1. The molecule has 1 aliphatic heterocycles. The molecule has 0 aromatic carbocycles. The van der Waals surface area contributed by atoms with Gasteiger partial charge in [0.1, 0.15) is 0 Å². The Hall–Kier alpha value is -0.140. The average Bonchev–Trinajstić information content (AvgIpc) is 2.51. The van der Waals surface area contributed by atoms with Crippen molar-refractivity contribution < 1.29 is 0 Å². The van der Waals surface area contributed by atoms with Crippen LogP contribution in [0.3, 0.4) is 0 Å². The standard InChI is InChI=1S/C7H12N4S3/c8-6-9-10-7(12)11(6)3-5-4-13-1-2-14-5/h5H,1-4H2,(H2,8,9)(H,10,12). The molecule has 0 aliphatic carbocycles. The Labute approximate surface area is 96.0 Å². The van der Waals surface area contributed by atoms with Crippen LogP contribution in [-0.4, -0.2) is 37.3 Å². The van der Waals surface area contributed by atoms with E-state index in [1.165, 1.54) is 17.3 Å². The molecule has 1 saturated heterocycles. The number of thioether (sulfide) groups is 2. The quantitative estimate of drug-likeness (QED) is 0.774. The van der Waals surface area contributed by atoms with Crippen LogP contribution in [0.15, 0.2) is 0 Å². The summed E-state index contributed by atoms with van der Waals surface area (Å²) >= 11 is 9.08. The van der Waals surface area contributed by atoms with Crippen molar-refractivity contribution in [2.45, 2.75) is 11.8 Å². The maximum absolute atomic E-state index is 5.70. The van der Waals surface area contributed by atoms with Crippen molar-refractivity contribution in [1.29, 1.82) is 0 Å². The second kappa shape index (κ2) is 4.59. The summed E-state index contributed by atoms with van der Waals surface area (Å²) in [4.78, 5) is 0. The van der Waals surface area contributed by atoms with Crippen molar-refractivity contribution in [3.63, 3.8) is 0 Å². The molecule has 0 saturated carbocycles. The molecular weight excluding hydrogens is 236 g/mol. The molecule has 0 bridgehead atoms. The van der Waals surface area contributed by atoms with Crippen molar-refractivity contribution in [3.8, 4) is 0 Å². The van der Waals surface area contributed by atoms with E-state index in [0.717, 1.165) is 6.54 Å². The van der Waals surface area contributed by atoms with Crippen LogP contribution in [-0.2, 0) is 6.54 Å². The first-order chi connectivity index (χ1) is 6.77. The summed E-state index contributed by atoms with van der Waals surface area (Å²) in [6.45, 7) is 0.874. The van der Waals surface area contributed by atoms with E-state index in [1.54, 1.807) is 0 Å². The van der Waals surface area contributed by atoms with Gasteiger partial charge in [0.25, 0.3) is 0 Å². The summed E-state index contributed by atoms with van der Waals surface area (Å²) in [5.41, 5.74) is 5.70. The van der Waals surface area contributed by atoms with E-state index in [1.807, 2.05) is 28.1 Å². The van der Waals surface area contributed by atoms with E-state index in [0.29, 0.717) is 16.0 Å². The van der Waals surface area contributed by atoms with Crippen LogP contribution in [0.25, 0.3) is 0 Å². The lowest BCUT2D eigenvalue weighted by Crippen LogP contribution is -2.21. The monoisotopic (exact) mass is 248 g/mol. The number of aromatic amines is 1. The van der Waals surface area contributed by atoms with Gasteiger partial charge in [-0.2, -0.15) is 23.5 Å². The normalized spacial score (nSPS) is 22.4. The first-order valence-corrected chi connectivity index (χ1v) is 6.98. The van der Waals surface area contributed by atoms with Crippen molar-refractivity contribution in [2.75, 3.05) is 23.0 Å². The van der Waals surface area contributed by atoms with Gasteiger partial charge in [-0.15, -0.1) is 5.10 Å². The minimum Gasteiger partial charge on any atom is -0.368 e. The fraction of sp³-hybridized carbons (Fsp3) is 0.714. The molecule has 1 atom stereocenters. The van der Waals surface area contributed by atoms with Crippen LogP contribution < -0.4 is 5.73 Å². The van der Waals surface area contributed by atoms with Gasteiger partial charge >= 0.3 is 0 Å². The van der Waals surface area contributed by atoms with E-state index in [2.05, 4.69) is 10.2 Å². The summed E-state index contributed by atoms with van der Waals surface area (Å²) in [5, 5.41) is 7.20. The maximum Gasteiger partial charge on any atom is 0.220 e. The maximum atomic E-state index is 5.70. The summed E-state index contributed by atoms with van der Waals surface area (Å²) < 4.78 is 2.50. The third kappa shape index (κ3) is 2.26. The van der Waals surface area contributed by atoms with Crippen molar-refractivity contribution >= 4 is 41.7 Å². The van der Waals surface area contributed by atoms with Gasteiger partial charge in [-0.3, -0.25) is 4.57 Å². The topological polar surface area (TPSA) is 59.6 Å². The lowest BCUT2D eigenvalue weighted by molar-refractivity contribution is 0.693. The lowest BCUT2D eigenvalue weighted by Gasteiger charge is -2.21. The predicted molar refractivity (Wildman–Crippen MR) is 65.4 cm³/mol. The highest BCUT2D eigenvalue weighted by atomic mass is 32.2. The SMILES string of the molecule is Nc1n[nH]c(=S)n1CC1CSCCS1. The summed E-state index contributed by atoms with van der Waals surface area (Å²) in [5.74, 6) is 4.15. The molecule has 1 fully saturated rings. The number of H-pyrrole nitrogens is 1. The highest BCUT2D eigenvalue weighted by Gasteiger charge is 2.16. The molecule has 2 heterocycles. The molecule has 1 aromatic heterocycles.